The molecule has 0 spiro atoms. The minimum absolute atomic E-state index is 0.0721. The smallest absolute Gasteiger partial charge is 0.433 e. The van der Waals surface area contributed by atoms with Crippen LogP contribution in [-0.2, 0) is 11.0 Å². The summed E-state index contributed by atoms with van der Waals surface area (Å²) >= 11 is 0. The fourth-order valence-electron chi connectivity index (χ4n) is 4.17. The molecule has 3 aliphatic rings. The molecule has 2 amide bonds. The van der Waals surface area contributed by atoms with Gasteiger partial charge in [0.05, 0.1) is 18.1 Å². The molecule has 164 valence electrons. The molecule has 0 aliphatic heterocycles. The standard InChI is InChI=1S/C20H20F3N5O3/c1-11-7-25-15(9-24-11)18(30)27-14-6-19(4-12(14)5-19)28-17(29)10-31-13-2-3-16(26-8-13)20(21,22)23/h2-3,7-9,12,14H,4-6,10H2,1H3,(H,27,30)(H,28,29)/t12?,14-,19?/m1/s1. The maximum Gasteiger partial charge on any atom is 0.433 e. The molecule has 0 unspecified atom stereocenters. The van der Waals surface area contributed by atoms with Crippen LogP contribution in [0.2, 0.25) is 0 Å². The molecule has 8 nitrogen and oxygen atoms in total. The highest BCUT2D eigenvalue weighted by Gasteiger charge is 2.57. The molecule has 2 bridgehead atoms. The highest BCUT2D eigenvalue weighted by Crippen LogP contribution is 2.52. The Morgan fingerprint density at radius 3 is 2.52 bits per heavy atom. The lowest BCUT2D eigenvalue weighted by Gasteiger charge is -2.39. The normalized spacial score (nSPS) is 24.3. The Hall–Kier alpha value is -3.24. The molecule has 0 aromatic carbocycles. The number of rotatable bonds is 6. The Balaban J connectivity index is 1.25. The van der Waals surface area contributed by atoms with Crippen LogP contribution in [0.4, 0.5) is 13.2 Å². The van der Waals surface area contributed by atoms with Gasteiger partial charge >= 0.3 is 6.18 Å². The van der Waals surface area contributed by atoms with Gasteiger partial charge in [0.2, 0.25) is 0 Å². The Morgan fingerprint density at radius 2 is 1.90 bits per heavy atom. The van der Waals surface area contributed by atoms with E-state index in [1.807, 2.05) is 0 Å². The predicted molar refractivity (Wildman–Crippen MR) is 101 cm³/mol. The number of alkyl halides is 3. The average molecular weight is 435 g/mol. The lowest BCUT2D eigenvalue weighted by molar-refractivity contribution is -0.141. The molecule has 1 atom stereocenters. The van der Waals surface area contributed by atoms with Gasteiger partial charge in [-0.2, -0.15) is 13.2 Å². The van der Waals surface area contributed by atoms with Crippen molar-refractivity contribution in [2.45, 2.75) is 43.9 Å². The van der Waals surface area contributed by atoms with Crippen LogP contribution in [-0.4, -0.2) is 45.0 Å². The quantitative estimate of drug-likeness (QED) is 0.720. The molecule has 31 heavy (non-hydrogen) atoms. The van der Waals surface area contributed by atoms with Gasteiger partial charge in [0.1, 0.15) is 17.1 Å². The lowest BCUT2D eigenvalue weighted by Crippen LogP contribution is -2.53. The number of carbonyl (C=O) groups excluding carboxylic acids is 2. The van der Waals surface area contributed by atoms with Crippen LogP contribution in [0.1, 0.15) is 41.1 Å². The van der Waals surface area contributed by atoms with Gasteiger partial charge in [-0.1, -0.05) is 0 Å². The van der Waals surface area contributed by atoms with E-state index in [1.165, 1.54) is 12.4 Å². The second-order valence-corrected chi connectivity index (χ2v) is 7.99. The molecule has 0 saturated heterocycles. The van der Waals surface area contributed by atoms with Crippen LogP contribution < -0.4 is 15.4 Å². The zero-order valence-electron chi connectivity index (χ0n) is 16.6. The van der Waals surface area contributed by atoms with Gasteiger partial charge in [-0.3, -0.25) is 14.6 Å². The van der Waals surface area contributed by atoms with Crippen LogP contribution in [0.3, 0.4) is 0 Å². The van der Waals surface area contributed by atoms with E-state index in [1.54, 1.807) is 6.92 Å². The molecule has 3 fully saturated rings. The number of carbonyl (C=O) groups is 2. The van der Waals surface area contributed by atoms with Crippen LogP contribution in [0, 0.1) is 12.8 Å². The van der Waals surface area contributed by atoms with Crippen molar-refractivity contribution in [2.75, 3.05) is 6.61 Å². The number of hydrogen-bond donors (Lipinski definition) is 2. The number of aryl methyl sites for hydroxylation is 1. The predicted octanol–water partition coefficient (Wildman–Crippen LogP) is 2.04. The minimum atomic E-state index is -4.53. The van der Waals surface area contributed by atoms with Gasteiger partial charge in [0, 0.05) is 17.8 Å². The van der Waals surface area contributed by atoms with Crippen molar-refractivity contribution in [3.05, 3.63) is 47.8 Å². The van der Waals surface area contributed by atoms with Crippen LogP contribution in [0.25, 0.3) is 0 Å². The second-order valence-electron chi connectivity index (χ2n) is 7.99. The summed E-state index contributed by atoms with van der Waals surface area (Å²) in [4.78, 5) is 36.0. The van der Waals surface area contributed by atoms with Crippen molar-refractivity contribution < 1.29 is 27.5 Å². The van der Waals surface area contributed by atoms with E-state index in [-0.39, 0.29) is 41.8 Å². The molecule has 5 rings (SSSR count). The second kappa shape index (κ2) is 7.78. The third-order valence-corrected chi connectivity index (χ3v) is 5.62. The van der Waals surface area contributed by atoms with Crippen molar-refractivity contribution in [1.29, 1.82) is 0 Å². The fourth-order valence-corrected chi connectivity index (χ4v) is 4.17. The largest absolute Gasteiger partial charge is 0.482 e. The van der Waals surface area contributed by atoms with E-state index in [4.69, 9.17) is 4.74 Å². The maximum atomic E-state index is 12.5. The molecule has 2 aromatic heterocycles. The van der Waals surface area contributed by atoms with E-state index < -0.39 is 17.4 Å². The van der Waals surface area contributed by atoms with Gasteiger partial charge in [-0.15, -0.1) is 0 Å². The Bertz CT molecular complexity index is 973. The van der Waals surface area contributed by atoms with E-state index in [0.717, 1.165) is 36.9 Å². The third kappa shape index (κ3) is 4.59. The first kappa shape index (κ1) is 21.0. The summed E-state index contributed by atoms with van der Waals surface area (Å²) in [5.41, 5.74) is -0.471. The van der Waals surface area contributed by atoms with Gasteiger partial charge in [0.25, 0.3) is 11.8 Å². The van der Waals surface area contributed by atoms with Crippen molar-refractivity contribution >= 4 is 11.8 Å². The topological polar surface area (TPSA) is 106 Å². The maximum absolute atomic E-state index is 12.5. The van der Waals surface area contributed by atoms with Crippen LogP contribution in [0.15, 0.2) is 30.7 Å². The van der Waals surface area contributed by atoms with Gasteiger partial charge < -0.3 is 15.4 Å². The van der Waals surface area contributed by atoms with Crippen LogP contribution in [0.5, 0.6) is 5.75 Å². The van der Waals surface area contributed by atoms with Crippen molar-refractivity contribution in [3.8, 4) is 5.75 Å². The molecule has 11 heteroatoms. The summed E-state index contributed by atoms with van der Waals surface area (Å²) in [6, 6.07) is 1.84. The zero-order valence-corrected chi connectivity index (χ0v) is 16.6. The molecule has 2 N–H and O–H groups in total. The summed E-state index contributed by atoms with van der Waals surface area (Å²) in [6.07, 6.45) is 1.43. The summed E-state index contributed by atoms with van der Waals surface area (Å²) < 4.78 is 42.8. The number of halogens is 3. The SMILES string of the molecule is Cc1cnc(C(=O)N[C@@H]2CC3(NC(=O)COc4ccc(C(F)(F)F)nc4)CC2C3)cn1. The number of hydrogen-bond acceptors (Lipinski definition) is 6. The molecule has 3 aliphatic carbocycles. The summed E-state index contributed by atoms with van der Waals surface area (Å²) in [6.45, 7) is 1.44. The number of pyridine rings is 1. The number of aromatic nitrogens is 3. The first-order valence-corrected chi connectivity index (χ1v) is 9.70. The summed E-state index contributed by atoms with van der Waals surface area (Å²) in [5, 5.41) is 5.89. The highest BCUT2D eigenvalue weighted by atomic mass is 19.4. The molecular weight excluding hydrogens is 415 g/mol. The van der Waals surface area contributed by atoms with Crippen molar-refractivity contribution in [2.24, 2.45) is 5.92 Å². The lowest BCUT2D eigenvalue weighted by atomic mass is 9.76. The number of ether oxygens (including phenoxy) is 1. The summed E-state index contributed by atoms with van der Waals surface area (Å²) in [7, 11) is 0. The number of amides is 2. The van der Waals surface area contributed by atoms with Gasteiger partial charge in [-0.25, -0.2) is 9.97 Å². The fraction of sp³-hybridized carbons (Fsp3) is 0.450. The summed E-state index contributed by atoms with van der Waals surface area (Å²) in [5.74, 6) is -0.343. The molecule has 3 saturated carbocycles. The minimum Gasteiger partial charge on any atom is -0.482 e. The number of nitrogens with zero attached hydrogens (tertiary/aromatic N) is 3. The third-order valence-electron chi connectivity index (χ3n) is 5.62. The first-order valence-electron chi connectivity index (χ1n) is 9.70. The van der Waals surface area contributed by atoms with Crippen LogP contribution >= 0.6 is 0 Å². The van der Waals surface area contributed by atoms with Crippen molar-refractivity contribution in [1.82, 2.24) is 25.6 Å². The molecule has 0 radical (unpaired) electrons. The Kier molecular flexibility index (Phi) is 5.28. The monoisotopic (exact) mass is 435 g/mol. The number of fused-ring (bicyclic) bond motifs is 1. The number of nitrogens with one attached hydrogen (secondary N) is 2. The Labute approximate surface area is 175 Å². The van der Waals surface area contributed by atoms with E-state index in [2.05, 4.69) is 25.6 Å². The molecule has 2 heterocycles. The first-order chi connectivity index (χ1) is 14.6. The zero-order chi connectivity index (χ0) is 22.2. The average Bonchev–Trinajstić information content (AvgIpc) is 3.20. The van der Waals surface area contributed by atoms with Crippen molar-refractivity contribution in [3.63, 3.8) is 0 Å². The van der Waals surface area contributed by atoms with Gasteiger partial charge in [0.15, 0.2) is 6.61 Å². The van der Waals surface area contributed by atoms with E-state index in [9.17, 15) is 22.8 Å². The van der Waals surface area contributed by atoms with E-state index >= 15 is 0 Å². The molecular formula is C20H20F3N5O3. The van der Waals surface area contributed by atoms with E-state index in [0.29, 0.717) is 6.42 Å². The highest BCUT2D eigenvalue weighted by molar-refractivity contribution is 5.92. The molecule has 2 aromatic rings. The Morgan fingerprint density at radius 1 is 1.13 bits per heavy atom. The van der Waals surface area contributed by atoms with Gasteiger partial charge in [-0.05, 0) is 44.2 Å².